The van der Waals surface area contributed by atoms with Gasteiger partial charge in [0.05, 0.1) is 20.7 Å². The lowest BCUT2D eigenvalue weighted by Gasteiger charge is -2.05. The number of halogens is 3. The predicted molar refractivity (Wildman–Crippen MR) is 116 cm³/mol. The van der Waals surface area contributed by atoms with Crippen LogP contribution in [-0.4, -0.2) is 17.2 Å². The number of hydrazone groups is 1. The van der Waals surface area contributed by atoms with Crippen molar-refractivity contribution in [2.24, 2.45) is 5.10 Å². The molecule has 3 rings (SSSR count). The Morgan fingerprint density at radius 3 is 2.59 bits per heavy atom. The van der Waals surface area contributed by atoms with Gasteiger partial charge in [0.2, 0.25) is 0 Å². The molecule has 5 nitrogen and oxygen atoms in total. The monoisotopic (exact) mass is 572 g/mol. The molecule has 0 radical (unpaired) electrons. The molecule has 27 heavy (non-hydrogen) atoms. The first kappa shape index (κ1) is 20.2. The van der Waals surface area contributed by atoms with E-state index in [2.05, 4.69) is 58.3 Å². The summed E-state index contributed by atoms with van der Waals surface area (Å²) in [6.07, 6.45) is 1.39. The third-order valence-electron chi connectivity index (χ3n) is 3.26. The highest BCUT2D eigenvalue weighted by atomic mass is 79.9. The molecule has 0 aliphatic rings. The van der Waals surface area contributed by atoms with Gasteiger partial charge in [0, 0.05) is 15.4 Å². The summed E-state index contributed by atoms with van der Waals surface area (Å²) in [6.45, 7) is 0. The van der Waals surface area contributed by atoms with Crippen molar-refractivity contribution in [2.45, 2.75) is 9.99 Å². The van der Waals surface area contributed by atoms with Crippen molar-refractivity contribution in [3.63, 3.8) is 0 Å². The molecule has 9 heteroatoms. The van der Waals surface area contributed by atoms with Crippen LogP contribution in [0.4, 0.5) is 0 Å². The van der Waals surface area contributed by atoms with Crippen LogP contribution < -0.4 is 5.43 Å². The summed E-state index contributed by atoms with van der Waals surface area (Å²) in [6, 6.07) is 14.7. The highest BCUT2D eigenvalue weighted by Gasteiger charge is 2.15. The van der Waals surface area contributed by atoms with Gasteiger partial charge >= 0.3 is 0 Å². The number of benzene rings is 2. The van der Waals surface area contributed by atoms with Crippen LogP contribution in [0.1, 0.15) is 16.1 Å². The Hall–Kier alpha value is -1.55. The Morgan fingerprint density at radius 1 is 1.11 bits per heavy atom. The summed E-state index contributed by atoms with van der Waals surface area (Å²) >= 11 is 11.4. The van der Waals surface area contributed by atoms with Crippen LogP contribution in [0.25, 0.3) is 0 Å². The second kappa shape index (κ2) is 9.09. The predicted octanol–water partition coefficient (Wildman–Crippen LogP) is 6.19. The van der Waals surface area contributed by atoms with Crippen molar-refractivity contribution in [3.8, 4) is 5.75 Å². The maximum atomic E-state index is 12.2. The average Bonchev–Trinajstić information content (AvgIpc) is 2.98. The van der Waals surface area contributed by atoms with Crippen molar-refractivity contribution in [3.05, 3.63) is 73.3 Å². The number of nitrogens with zero attached hydrogens (tertiary/aromatic N) is 1. The van der Waals surface area contributed by atoms with Crippen molar-refractivity contribution < 1.29 is 14.3 Å². The number of hydrogen-bond acceptors (Lipinski definition) is 5. The first-order chi connectivity index (χ1) is 12.9. The number of carbonyl (C=O) groups is 1. The number of carbonyl (C=O) groups excluding carboxylic acids is 1. The molecular weight excluding hydrogens is 564 g/mol. The standard InChI is InChI=1S/C18H11Br3N2O3S/c19-10-6-13(16(24)14(20)7-10)17(25)23-22-9-11-8-15(21)18(26-11)27-12-4-2-1-3-5-12/h1-9,24H,(H,23,25)/b22-9-. The normalized spacial score (nSPS) is 11.1. The second-order valence-electron chi connectivity index (χ2n) is 5.18. The molecule has 0 saturated heterocycles. The fraction of sp³-hybridized carbons (Fsp3) is 0. The molecule has 1 aromatic heterocycles. The van der Waals surface area contributed by atoms with Gasteiger partial charge in [-0.1, -0.05) is 45.9 Å². The third kappa shape index (κ3) is 5.25. The molecule has 0 spiro atoms. The van der Waals surface area contributed by atoms with Gasteiger partial charge in [0.1, 0.15) is 11.5 Å². The van der Waals surface area contributed by atoms with Gasteiger partial charge < -0.3 is 9.52 Å². The minimum Gasteiger partial charge on any atom is -0.506 e. The van der Waals surface area contributed by atoms with Gasteiger partial charge in [-0.25, -0.2) is 5.43 Å². The SMILES string of the molecule is O=C(N/N=C\c1cc(Br)c(Sc2ccccc2)o1)c1cc(Br)cc(Br)c1O. The van der Waals surface area contributed by atoms with Crippen LogP contribution in [0.2, 0.25) is 0 Å². The molecule has 0 bridgehead atoms. The van der Waals surface area contributed by atoms with E-state index in [1.165, 1.54) is 24.0 Å². The van der Waals surface area contributed by atoms with Gasteiger partial charge in [-0.3, -0.25) is 4.79 Å². The number of nitrogens with one attached hydrogen (secondary N) is 1. The highest BCUT2D eigenvalue weighted by molar-refractivity contribution is 9.11. The van der Waals surface area contributed by atoms with E-state index >= 15 is 0 Å². The van der Waals surface area contributed by atoms with Crippen LogP contribution in [0.3, 0.4) is 0 Å². The summed E-state index contributed by atoms with van der Waals surface area (Å²) in [5.74, 6) is -0.233. The van der Waals surface area contributed by atoms with Crippen molar-refractivity contribution >= 4 is 71.7 Å². The van der Waals surface area contributed by atoms with E-state index in [0.29, 0.717) is 19.8 Å². The van der Waals surface area contributed by atoms with Gasteiger partial charge in [-0.05, 0) is 56.1 Å². The first-order valence-corrected chi connectivity index (χ1v) is 10.7. The summed E-state index contributed by atoms with van der Waals surface area (Å²) in [5.41, 5.74) is 2.46. The van der Waals surface area contributed by atoms with Crippen molar-refractivity contribution in [2.75, 3.05) is 0 Å². The maximum absolute atomic E-state index is 12.2. The van der Waals surface area contributed by atoms with Crippen LogP contribution in [-0.2, 0) is 0 Å². The van der Waals surface area contributed by atoms with Crippen LogP contribution >= 0.6 is 59.6 Å². The second-order valence-corrected chi connectivity index (χ2v) is 8.85. The average molecular weight is 575 g/mol. The molecule has 138 valence electrons. The Bertz CT molecular complexity index is 1010. The van der Waals surface area contributed by atoms with Crippen LogP contribution in [0.5, 0.6) is 5.75 Å². The number of aromatic hydroxyl groups is 1. The Labute approximate surface area is 184 Å². The molecule has 1 amide bonds. The molecule has 3 aromatic rings. The number of amides is 1. The number of phenolic OH excluding ortho intramolecular Hbond substituents is 1. The minimum atomic E-state index is -0.546. The summed E-state index contributed by atoms with van der Waals surface area (Å²) in [5, 5.41) is 14.6. The van der Waals surface area contributed by atoms with Crippen molar-refractivity contribution in [1.82, 2.24) is 5.43 Å². The molecule has 0 aliphatic carbocycles. The van der Waals surface area contributed by atoms with Gasteiger partial charge in [0.15, 0.2) is 5.09 Å². The maximum Gasteiger partial charge on any atom is 0.275 e. The van der Waals surface area contributed by atoms with E-state index < -0.39 is 5.91 Å². The number of furan rings is 1. The fourth-order valence-electron chi connectivity index (χ4n) is 2.05. The smallest absolute Gasteiger partial charge is 0.275 e. The topological polar surface area (TPSA) is 74.8 Å². The van der Waals surface area contributed by atoms with E-state index in [-0.39, 0.29) is 11.3 Å². The number of phenols is 1. The van der Waals surface area contributed by atoms with Crippen LogP contribution in [0, 0.1) is 0 Å². The highest BCUT2D eigenvalue weighted by Crippen LogP contribution is 2.35. The zero-order chi connectivity index (χ0) is 19.4. The van der Waals surface area contributed by atoms with Gasteiger partial charge in [-0.15, -0.1) is 0 Å². The lowest BCUT2D eigenvalue weighted by Crippen LogP contribution is -2.17. The third-order valence-corrected chi connectivity index (χ3v) is 6.17. The molecule has 0 saturated carbocycles. The van der Waals surface area contributed by atoms with E-state index in [1.807, 2.05) is 30.3 Å². The van der Waals surface area contributed by atoms with E-state index in [9.17, 15) is 9.90 Å². The lowest BCUT2D eigenvalue weighted by atomic mass is 10.2. The summed E-state index contributed by atoms with van der Waals surface area (Å²) < 4.78 is 7.57. The molecule has 0 unspecified atom stereocenters. The van der Waals surface area contributed by atoms with Gasteiger partial charge in [-0.2, -0.15) is 5.10 Å². The molecule has 0 atom stereocenters. The molecular formula is C18H11Br3N2O3S. The van der Waals surface area contributed by atoms with E-state index in [1.54, 1.807) is 12.1 Å². The molecule has 2 aromatic carbocycles. The number of hydrogen-bond donors (Lipinski definition) is 2. The largest absolute Gasteiger partial charge is 0.506 e. The molecule has 2 N–H and O–H groups in total. The zero-order valence-electron chi connectivity index (χ0n) is 13.4. The first-order valence-electron chi connectivity index (χ1n) is 7.47. The van der Waals surface area contributed by atoms with E-state index in [0.717, 1.165) is 9.37 Å². The summed E-state index contributed by atoms with van der Waals surface area (Å²) in [7, 11) is 0. The fourth-order valence-corrected chi connectivity index (χ4v) is 4.63. The Morgan fingerprint density at radius 2 is 1.85 bits per heavy atom. The lowest BCUT2D eigenvalue weighted by molar-refractivity contribution is 0.0952. The Balaban J connectivity index is 1.68. The van der Waals surface area contributed by atoms with Gasteiger partial charge in [0.25, 0.3) is 5.91 Å². The molecule has 1 heterocycles. The van der Waals surface area contributed by atoms with Crippen molar-refractivity contribution in [1.29, 1.82) is 0 Å². The molecule has 0 aliphatic heterocycles. The minimum absolute atomic E-state index is 0.0920. The quantitative estimate of drug-likeness (QED) is 0.282. The van der Waals surface area contributed by atoms with E-state index in [4.69, 9.17) is 4.42 Å². The molecule has 0 fully saturated rings. The summed E-state index contributed by atoms with van der Waals surface area (Å²) in [4.78, 5) is 13.2. The number of rotatable bonds is 5. The zero-order valence-corrected chi connectivity index (χ0v) is 19.0. The van der Waals surface area contributed by atoms with Crippen LogP contribution in [0.15, 0.2) is 81.5 Å². The Kier molecular flexibility index (Phi) is 6.80.